The lowest BCUT2D eigenvalue weighted by Crippen LogP contribution is -2.47. The summed E-state index contributed by atoms with van der Waals surface area (Å²) in [6.07, 6.45) is 1.63. The predicted octanol–water partition coefficient (Wildman–Crippen LogP) is 4.51. The Morgan fingerprint density at radius 2 is 1.98 bits per heavy atom. The number of nitrogens with zero attached hydrogens (tertiary/aromatic N) is 4. The number of anilines is 3. The number of amides is 2. The molecule has 1 aliphatic heterocycles. The van der Waals surface area contributed by atoms with Crippen molar-refractivity contribution in [1.82, 2.24) is 20.2 Å². The van der Waals surface area contributed by atoms with E-state index in [0.29, 0.717) is 42.3 Å². The van der Waals surface area contributed by atoms with E-state index in [1.54, 1.807) is 51.2 Å². The highest BCUT2D eigenvalue weighted by Crippen LogP contribution is 2.23. The molecule has 2 atom stereocenters. The van der Waals surface area contributed by atoms with Crippen molar-refractivity contribution in [3.63, 3.8) is 0 Å². The first-order chi connectivity index (χ1) is 19.1. The second-order valence-corrected chi connectivity index (χ2v) is 10.4. The smallest absolute Gasteiger partial charge is 0.411 e. The quantitative estimate of drug-likeness (QED) is 0.308. The third-order valence-corrected chi connectivity index (χ3v) is 5.78. The monoisotopic (exact) mass is 549 g/mol. The number of carbonyl (C=O) groups excluding carboxylic acids is 2. The first-order valence-corrected chi connectivity index (χ1v) is 13.4. The van der Waals surface area contributed by atoms with Crippen LogP contribution in [0.25, 0.3) is 0 Å². The number of likely N-dealkylation sites (tertiary alicyclic amines) is 1. The number of ether oxygens (including phenoxy) is 1. The molecule has 10 nitrogen and oxygen atoms in total. The van der Waals surface area contributed by atoms with Crippen LogP contribution in [0.2, 0.25) is 0 Å². The van der Waals surface area contributed by atoms with Gasteiger partial charge in [0.15, 0.2) is 0 Å². The van der Waals surface area contributed by atoms with Gasteiger partial charge in [0.1, 0.15) is 23.6 Å². The Balaban J connectivity index is 1.53. The molecule has 0 saturated carbocycles. The fourth-order valence-corrected chi connectivity index (χ4v) is 3.89. The molecule has 0 radical (unpaired) electrons. The topological polar surface area (TPSA) is 132 Å². The standard InChI is InChI=1S/C29H36FN7O3/c1-5-14-32-25-21(18-34-27(36-25)35-23-12-10-20(17-31)11-13-23)9-7-6-8-15-33-26(38)24-16-22(30)19-37(24)28(39)40-29(2,3)4/h10-13,18,22,24H,5-6,8,14-16,19H2,1-4H3,(H,33,38)(H2,32,34,35,36)/t22-,24+/m1/s1. The van der Waals surface area contributed by atoms with Crippen molar-refractivity contribution in [2.45, 2.75) is 71.2 Å². The fraction of sp³-hybridized carbons (Fsp3) is 0.483. The number of alkyl halides is 1. The third kappa shape index (κ3) is 9.12. The van der Waals surface area contributed by atoms with E-state index in [0.717, 1.165) is 23.6 Å². The van der Waals surface area contributed by atoms with Crippen molar-refractivity contribution < 1.29 is 18.7 Å². The molecule has 2 amide bonds. The number of hydrogen-bond acceptors (Lipinski definition) is 8. The molecule has 0 bridgehead atoms. The molecule has 0 spiro atoms. The molecule has 3 rings (SSSR count). The van der Waals surface area contributed by atoms with Crippen LogP contribution < -0.4 is 16.0 Å². The van der Waals surface area contributed by atoms with Crippen LogP contribution in [0, 0.1) is 23.2 Å². The van der Waals surface area contributed by atoms with Gasteiger partial charge in [-0.1, -0.05) is 18.8 Å². The molecular formula is C29H36FN7O3. The van der Waals surface area contributed by atoms with Gasteiger partial charge in [0.05, 0.1) is 29.9 Å². The van der Waals surface area contributed by atoms with Gasteiger partial charge in [0, 0.05) is 31.6 Å². The molecule has 1 saturated heterocycles. The molecule has 1 aliphatic rings. The first-order valence-electron chi connectivity index (χ1n) is 13.4. The van der Waals surface area contributed by atoms with Crippen molar-refractivity contribution in [3.05, 3.63) is 41.6 Å². The molecule has 1 fully saturated rings. The van der Waals surface area contributed by atoms with E-state index in [-0.39, 0.29) is 13.0 Å². The number of rotatable bonds is 9. The van der Waals surface area contributed by atoms with Crippen LogP contribution in [0.4, 0.5) is 26.6 Å². The van der Waals surface area contributed by atoms with Gasteiger partial charge in [0.25, 0.3) is 0 Å². The maximum absolute atomic E-state index is 14.0. The molecule has 40 heavy (non-hydrogen) atoms. The lowest BCUT2D eigenvalue weighted by Gasteiger charge is -2.27. The molecule has 0 unspecified atom stereocenters. The summed E-state index contributed by atoms with van der Waals surface area (Å²) in [6, 6.07) is 8.18. The first kappa shape index (κ1) is 30.2. The van der Waals surface area contributed by atoms with E-state index >= 15 is 0 Å². The van der Waals surface area contributed by atoms with Crippen LogP contribution in [0.3, 0.4) is 0 Å². The Labute approximate surface area is 234 Å². The van der Waals surface area contributed by atoms with Gasteiger partial charge in [-0.15, -0.1) is 0 Å². The minimum absolute atomic E-state index is 0.0472. The maximum Gasteiger partial charge on any atom is 0.411 e. The molecule has 0 aliphatic carbocycles. The van der Waals surface area contributed by atoms with Crippen molar-refractivity contribution in [2.24, 2.45) is 0 Å². The molecule has 3 N–H and O–H groups in total. The predicted molar refractivity (Wildman–Crippen MR) is 151 cm³/mol. The number of nitrogens with one attached hydrogen (secondary N) is 3. The van der Waals surface area contributed by atoms with Crippen molar-refractivity contribution in [1.29, 1.82) is 5.26 Å². The lowest BCUT2D eigenvalue weighted by atomic mass is 10.2. The van der Waals surface area contributed by atoms with Gasteiger partial charge in [0.2, 0.25) is 11.9 Å². The van der Waals surface area contributed by atoms with E-state index < -0.39 is 29.8 Å². The van der Waals surface area contributed by atoms with Gasteiger partial charge < -0.3 is 20.7 Å². The lowest BCUT2D eigenvalue weighted by molar-refractivity contribution is -0.125. The average molecular weight is 550 g/mol. The van der Waals surface area contributed by atoms with Gasteiger partial charge in [-0.2, -0.15) is 10.2 Å². The summed E-state index contributed by atoms with van der Waals surface area (Å²) in [5, 5.41) is 18.1. The van der Waals surface area contributed by atoms with Crippen LogP contribution in [0.1, 0.15) is 64.5 Å². The van der Waals surface area contributed by atoms with E-state index in [2.05, 4.69) is 50.8 Å². The van der Waals surface area contributed by atoms with E-state index in [9.17, 15) is 14.0 Å². The summed E-state index contributed by atoms with van der Waals surface area (Å²) < 4.78 is 19.3. The Kier molecular flexibility index (Phi) is 10.7. The molecule has 1 aromatic carbocycles. The number of hydrogen-bond donors (Lipinski definition) is 3. The second-order valence-electron chi connectivity index (χ2n) is 10.4. The highest BCUT2D eigenvalue weighted by molar-refractivity contribution is 5.86. The molecule has 2 heterocycles. The maximum atomic E-state index is 14.0. The summed E-state index contributed by atoms with van der Waals surface area (Å²) in [5.41, 5.74) is 1.24. The van der Waals surface area contributed by atoms with Crippen molar-refractivity contribution in [2.75, 3.05) is 30.3 Å². The summed E-state index contributed by atoms with van der Waals surface area (Å²) in [6.45, 7) is 8.13. The van der Waals surface area contributed by atoms with Crippen molar-refractivity contribution in [3.8, 4) is 17.9 Å². The summed E-state index contributed by atoms with van der Waals surface area (Å²) in [5.74, 6) is 6.79. The minimum atomic E-state index is -1.27. The zero-order valence-corrected chi connectivity index (χ0v) is 23.4. The van der Waals surface area contributed by atoms with Gasteiger partial charge in [-0.3, -0.25) is 9.69 Å². The molecule has 2 aromatic rings. The molecule has 11 heteroatoms. The number of halogens is 1. The number of nitriles is 1. The summed E-state index contributed by atoms with van der Waals surface area (Å²) in [4.78, 5) is 35.1. The fourth-order valence-electron chi connectivity index (χ4n) is 3.89. The third-order valence-electron chi connectivity index (χ3n) is 5.78. The number of unbranched alkanes of at least 4 members (excludes halogenated alkanes) is 1. The molecule has 212 valence electrons. The highest BCUT2D eigenvalue weighted by Gasteiger charge is 2.41. The Morgan fingerprint density at radius 1 is 1.23 bits per heavy atom. The van der Waals surface area contributed by atoms with Crippen LogP contribution in [-0.4, -0.2) is 64.3 Å². The molecular weight excluding hydrogens is 513 g/mol. The zero-order valence-electron chi connectivity index (χ0n) is 23.4. The summed E-state index contributed by atoms with van der Waals surface area (Å²) >= 11 is 0. The van der Waals surface area contributed by atoms with Crippen LogP contribution >= 0.6 is 0 Å². The second kappa shape index (κ2) is 14.1. The highest BCUT2D eigenvalue weighted by atomic mass is 19.1. The SMILES string of the molecule is CCCNc1nc(Nc2ccc(C#N)cc2)ncc1C#CCCCNC(=O)[C@@H]1C[C@@H](F)CN1C(=O)OC(C)(C)C. The van der Waals surface area contributed by atoms with E-state index in [1.165, 1.54) is 0 Å². The Morgan fingerprint density at radius 3 is 2.65 bits per heavy atom. The molecule has 1 aromatic heterocycles. The Bertz CT molecular complexity index is 1280. The summed E-state index contributed by atoms with van der Waals surface area (Å²) in [7, 11) is 0. The van der Waals surface area contributed by atoms with E-state index in [1.807, 2.05) is 0 Å². The minimum Gasteiger partial charge on any atom is -0.444 e. The largest absolute Gasteiger partial charge is 0.444 e. The van der Waals surface area contributed by atoms with Gasteiger partial charge in [-0.05, 0) is 57.9 Å². The van der Waals surface area contributed by atoms with Crippen LogP contribution in [0.15, 0.2) is 30.5 Å². The van der Waals surface area contributed by atoms with Crippen molar-refractivity contribution >= 4 is 29.5 Å². The number of carbonyl (C=O) groups is 2. The van der Waals surface area contributed by atoms with Crippen LogP contribution in [0.5, 0.6) is 0 Å². The zero-order chi connectivity index (χ0) is 29.1. The van der Waals surface area contributed by atoms with Gasteiger partial charge >= 0.3 is 6.09 Å². The van der Waals surface area contributed by atoms with Gasteiger partial charge in [-0.25, -0.2) is 14.2 Å². The number of benzene rings is 1. The Hall–Kier alpha value is -4.38. The normalized spacial score (nSPS) is 16.4. The average Bonchev–Trinajstić information content (AvgIpc) is 3.31. The van der Waals surface area contributed by atoms with Crippen LogP contribution in [-0.2, 0) is 9.53 Å². The number of aromatic nitrogens is 2. The van der Waals surface area contributed by atoms with E-state index in [4.69, 9.17) is 10.00 Å².